The monoisotopic (exact) mass is 311 g/mol. The van der Waals surface area contributed by atoms with Crippen LogP contribution in [0, 0.1) is 0 Å². The first-order valence-electron chi connectivity index (χ1n) is 5.99. The van der Waals surface area contributed by atoms with E-state index in [9.17, 15) is 13.2 Å². The zero-order valence-corrected chi connectivity index (χ0v) is 11.7. The number of nitrogens with zero attached hydrogens (tertiary/aromatic N) is 2. The maximum atomic E-state index is 12.2. The minimum Gasteiger partial charge on any atom is -0.382 e. The van der Waals surface area contributed by atoms with E-state index in [1.54, 1.807) is 48.7 Å². The molecule has 0 unspecified atom stereocenters. The molecule has 0 saturated carbocycles. The fourth-order valence-electron chi connectivity index (χ4n) is 1.52. The average Bonchev–Trinajstić information content (AvgIpc) is 2.46. The van der Waals surface area contributed by atoms with Gasteiger partial charge < -0.3 is 5.73 Å². The molecule has 0 radical (unpaired) electrons. The summed E-state index contributed by atoms with van der Waals surface area (Å²) < 4.78 is 36.6. The van der Waals surface area contributed by atoms with Crippen molar-refractivity contribution in [2.75, 3.05) is 5.75 Å². The van der Waals surface area contributed by atoms with Gasteiger partial charge in [-0.1, -0.05) is 12.1 Å². The molecular formula is C14H12F3N3S. The SMILES string of the molecule is NC(=Nc1cccc(SCC(F)(F)F)c1)c1ccccn1. The topological polar surface area (TPSA) is 51.3 Å². The molecule has 1 aromatic heterocycles. The molecule has 0 fully saturated rings. The molecular weight excluding hydrogens is 299 g/mol. The van der Waals surface area contributed by atoms with Gasteiger partial charge in [0.05, 0.1) is 11.4 Å². The quantitative estimate of drug-likeness (QED) is 0.531. The summed E-state index contributed by atoms with van der Waals surface area (Å²) in [4.78, 5) is 8.72. The standard InChI is InChI=1S/C14H12F3N3S/c15-14(16,17)9-21-11-5-3-4-10(8-11)20-13(18)12-6-1-2-7-19-12/h1-8H,9H2,(H2,18,20). The Hall–Kier alpha value is -2.02. The van der Waals surface area contributed by atoms with Gasteiger partial charge in [0, 0.05) is 11.1 Å². The molecule has 0 aliphatic heterocycles. The molecule has 0 bridgehead atoms. The molecule has 21 heavy (non-hydrogen) atoms. The highest BCUT2D eigenvalue weighted by Gasteiger charge is 2.27. The highest BCUT2D eigenvalue weighted by atomic mass is 32.2. The van der Waals surface area contributed by atoms with Crippen LogP contribution in [0.15, 0.2) is 58.5 Å². The minimum atomic E-state index is -4.20. The van der Waals surface area contributed by atoms with E-state index < -0.39 is 11.9 Å². The molecule has 0 amide bonds. The number of nitrogens with two attached hydrogens (primary N) is 1. The Bertz CT molecular complexity index is 627. The maximum Gasteiger partial charge on any atom is 0.398 e. The Morgan fingerprint density at radius 3 is 2.67 bits per heavy atom. The van der Waals surface area contributed by atoms with Crippen molar-refractivity contribution in [1.82, 2.24) is 4.98 Å². The predicted molar refractivity (Wildman–Crippen MR) is 77.8 cm³/mol. The number of aliphatic imine (C=N–C) groups is 1. The first-order valence-corrected chi connectivity index (χ1v) is 6.98. The molecule has 0 atom stereocenters. The number of rotatable bonds is 4. The first-order chi connectivity index (χ1) is 9.94. The average molecular weight is 311 g/mol. The normalized spacial score (nSPS) is 12.4. The number of halogens is 3. The smallest absolute Gasteiger partial charge is 0.382 e. The Kier molecular flexibility index (Phi) is 4.85. The van der Waals surface area contributed by atoms with Crippen LogP contribution in [0.1, 0.15) is 5.69 Å². The molecule has 2 rings (SSSR count). The molecule has 7 heteroatoms. The van der Waals surface area contributed by atoms with Crippen molar-refractivity contribution in [3.63, 3.8) is 0 Å². The lowest BCUT2D eigenvalue weighted by molar-refractivity contribution is -0.105. The second-order valence-corrected chi connectivity index (χ2v) is 5.16. The second-order valence-electron chi connectivity index (χ2n) is 4.11. The Morgan fingerprint density at radius 2 is 2.00 bits per heavy atom. The first kappa shape index (κ1) is 15.4. The summed E-state index contributed by atoms with van der Waals surface area (Å²) in [6.07, 6.45) is -2.61. The second kappa shape index (κ2) is 6.62. The van der Waals surface area contributed by atoms with Crippen molar-refractivity contribution in [1.29, 1.82) is 0 Å². The predicted octanol–water partition coefficient (Wildman–Crippen LogP) is 3.77. The van der Waals surface area contributed by atoms with E-state index >= 15 is 0 Å². The van der Waals surface area contributed by atoms with E-state index in [2.05, 4.69) is 9.98 Å². The van der Waals surface area contributed by atoms with Crippen LogP contribution in [0.25, 0.3) is 0 Å². The lowest BCUT2D eigenvalue weighted by atomic mass is 10.3. The van der Waals surface area contributed by atoms with Gasteiger partial charge in [0.25, 0.3) is 0 Å². The van der Waals surface area contributed by atoms with Gasteiger partial charge in [-0.15, -0.1) is 11.8 Å². The van der Waals surface area contributed by atoms with Crippen LogP contribution in [0.4, 0.5) is 18.9 Å². The lowest BCUT2D eigenvalue weighted by Gasteiger charge is -2.06. The van der Waals surface area contributed by atoms with E-state index in [4.69, 9.17) is 5.73 Å². The summed E-state index contributed by atoms with van der Waals surface area (Å²) in [6, 6.07) is 11.7. The van der Waals surface area contributed by atoms with Crippen molar-refractivity contribution in [2.24, 2.45) is 10.7 Å². The number of hydrogen-bond acceptors (Lipinski definition) is 3. The van der Waals surface area contributed by atoms with Crippen LogP contribution >= 0.6 is 11.8 Å². The Morgan fingerprint density at radius 1 is 1.19 bits per heavy atom. The van der Waals surface area contributed by atoms with Crippen molar-refractivity contribution in [2.45, 2.75) is 11.1 Å². The summed E-state index contributed by atoms with van der Waals surface area (Å²) in [5.74, 6) is -0.718. The maximum absolute atomic E-state index is 12.2. The summed E-state index contributed by atoms with van der Waals surface area (Å²) in [5, 5.41) is 0. The molecule has 1 aromatic carbocycles. The Balaban J connectivity index is 2.14. The lowest BCUT2D eigenvalue weighted by Crippen LogP contribution is -2.14. The van der Waals surface area contributed by atoms with E-state index in [-0.39, 0.29) is 5.84 Å². The third-order valence-corrected chi connectivity index (χ3v) is 3.46. The zero-order valence-electron chi connectivity index (χ0n) is 10.8. The molecule has 0 aliphatic carbocycles. The van der Waals surface area contributed by atoms with Crippen LogP contribution < -0.4 is 5.73 Å². The van der Waals surface area contributed by atoms with Crippen molar-refractivity contribution in [3.05, 3.63) is 54.4 Å². The van der Waals surface area contributed by atoms with Crippen LogP contribution in [0.2, 0.25) is 0 Å². The van der Waals surface area contributed by atoms with Gasteiger partial charge in [-0.2, -0.15) is 13.2 Å². The van der Waals surface area contributed by atoms with Crippen LogP contribution in [-0.2, 0) is 0 Å². The van der Waals surface area contributed by atoms with E-state index in [0.29, 0.717) is 28.0 Å². The molecule has 0 saturated heterocycles. The molecule has 0 spiro atoms. The third kappa shape index (κ3) is 5.11. The van der Waals surface area contributed by atoms with E-state index in [1.807, 2.05) is 0 Å². The van der Waals surface area contributed by atoms with Crippen molar-refractivity contribution in [3.8, 4) is 0 Å². The summed E-state index contributed by atoms with van der Waals surface area (Å²) >= 11 is 0.714. The van der Waals surface area contributed by atoms with Crippen LogP contribution in [0.3, 0.4) is 0 Å². The van der Waals surface area contributed by atoms with Crippen LogP contribution in [0.5, 0.6) is 0 Å². The van der Waals surface area contributed by atoms with Crippen molar-refractivity contribution < 1.29 is 13.2 Å². The van der Waals surface area contributed by atoms with E-state index in [1.165, 1.54) is 0 Å². The number of thioether (sulfide) groups is 1. The van der Waals surface area contributed by atoms with E-state index in [0.717, 1.165) is 0 Å². The molecule has 0 aliphatic rings. The largest absolute Gasteiger partial charge is 0.398 e. The van der Waals surface area contributed by atoms with Gasteiger partial charge in [0.2, 0.25) is 0 Å². The van der Waals surface area contributed by atoms with Gasteiger partial charge in [0.15, 0.2) is 0 Å². The van der Waals surface area contributed by atoms with Gasteiger partial charge in [-0.05, 0) is 30.3 Å². The number of alkyl halides is 3. The number of benzene rings is 1. The summed E-state index contributed by atoms with van der Waals surface area (Å²) in [5.41, 5.74) is 6.83. The van der Waals surface area contributed by atoms with Crippen molar-refractivity contribution >= 4 is 23.3 Å². The summed E-state index contributed by atoms with van der Waals surface area (Å²) in [6.45, 7) is 0. The van der Waals surface area contributed by atoms with Crippen LogP contribution in [-0.4, -0.2) is 22.7 Å². The van der Waals surface area contributed by atoms with Gasteiger partial charge in [-0.3, -0.25) is 4.98 Å². The summed E-state index contributed by atoms with van der Waals surface area (Å²) in [7, 11) is 0. The number of aromatic nitrogens is 1. The molecule has 3 nitrogen and oxygen atoms in total. The van der Waals surface area contributed by atoms with Gasteiger partial charge in [-0.25, -0.2) is 4.99 Å². The van der Waals surface area contributed by atoms with Gasteiger partial charge >= 0.3 is 6.18 Å². The highest BCUT2D eigenvalue weighted by Crippen LogP contribution is 2.29. The molecule has 1 heterocycles. The highest BCUT2D eigenvalue weighted by molar-refractivity contribution is 7.99. The molecule has 2 aromatic rings. The number of hydrogen-bond donors (Lipinski definition) is 1. The fraction of sp³-hybridized carbons (Fsp3) is 0.143. The van der Waals surface area contributed by atoms with Gasteiger partial charge in [0.1, 0.15) is 11.5 Å². The number of amidine groups is 1. The molecule has 2 N–H and O–H groups in total. The zero-order chi connectivity index (χ0) is 15.3. The third-order valence-electron chi connectivity index (χ3n) is 2.40. The Labute approximate surface area is 124 Å². The fourth-order valence-corrected chi connectivity index (χ4v) is 2.23. The number of pyridine rings is 1. The molecule has 110 valence electrons. The minimum absolute atomic E-state index is 0.216.